The average Bonchev–Trinajstić information content (AvgIpc) is 2.96. The molecule has 3 atom stereocenters. The fraction of sp³-hybridized carbons (Fsp3) is 0.600. The second kappa shape index (κ2) is 5.18. The fourth-order valence-corrected chi connectivity index (χ4v) is 3.88. The van der Waals surface area contributed by atoms with Gasteiger partial charge in [-0.25, -0.2) is 4.39 Å². The van der Waals surface area contributed by atoms with Gasteiger partial charge in [0, 0.05) is 6.54 Å². The first-order valence-corrected chi connectivity index (χ1v) is 7.25. The second-order valence-electron chi connectivity index (χ2n) is 5.81. The molecule has 0 spiro atoms. The van der Waals surface area contributed by atoms with E-state index in [0.717, 1.165) is 36.4 Å². The minimum absolute atomic E-state index is 0.217. The zero-order valence-electron chi connectivity index (χ0n) is 10.5. The molecule has 2 aliphatic rings. The van der Waals surface area contributed by atoms with Crippen molar-refractivity contribution in [2.75, 3.05) is 6.54 Å². The summed E-state index contributed by atoms with van der Waals surface area (Å²) in [6, 6.07) is 4.95. The summed E-state index contributed by atoms with van der Waals surface area (Å²) in [4.78, 5) is 0. The summed E-state index contributed by atoms with van der Waals surface area (Å²) in [5, 5.41) is 3.71. The second-order valence-corrected chi connectivity index (χ2v) is 6.22. The van der Waals surface area contributed by atoms with Gasteiger partial charge in [-0.15, -0.1) is 0 Å². The van der Waals surface area contributed by atoms with Gasteiger partial charge in [0.25, 0.3) is 0 Å². The first kappa shape index (κ1) is 12.4. The molecule has 0 aliphatic heterocycles. The zero-order valence-corrected chi connectivity index (χ0v) is 11.2. The Morgan fingerprint density at radius 3 is 2.83 bits per heavy atom. The van der Waals surface area contributed by atoms with E-state index < -0.39 is 0 Å². The maximum absolute atomic E-state index is 13.0. The third-order valence-corrected chi connectivity index (χ3v) is 4.89. The Hall–Kier alpha value is -0.600. The number of fused-ring (bicyclic) bond motifs is 2. The summed E-state index contributed by atoms with van der Waals surface area (Å²) in [7, 11) is 0. The van der Waals surface area contributed by atoms with Crippen LogP contribution >= 0.6 is 11.6 Å². The molecule has 1 aromatic carbocycles. The molecule has 0 aromatic heterocycles. The molecule has 2 aliphatic carbocycles. The van der Waals surface area contributed by atoms with Crippen LogP contribution in [0.1, 0.15) is 31.2 Å². The lowest BCUT2D eigenvalue weighted by Crippen LogP contribution is -2.26. The smallest absolute Gasteiger partial charge is 0.141 e. The molecule has 3 heteroatoms. The van der Waals surface area contributed by atoms with Crippen molar-refractivity contribution in [1.29, 1.82) is 0 Å². The van der Waals surface area contributed by atoms with Gasteiger partial charge in [-0.3, -0.25) is 0 Å². The van der Waals surface area contributed by atoms with Crippen LogP contribution < -0.4 is 5.32 Å². The third kappa shape index (κ3) is 2.55. The molecule has 0 radical (unpaired) electrons. The lowest BCUT2D eigenvalue weighted by molar-refractivity contribution is 0.318. The van der Waals surface area contributed by atoms with Crippen LogP contribution in [0.15, 0.2) is 18.2 Å². The lowest BCUT2D eigenvalue weighted by atomic mass is 9.89. The zero-order chi connectivity index (χ0) is 12.5. The van der Waals surface area contributed by atoms with Gasteiger partial charge >= 0.3 is 0 Å². The Kier molecular flexibility index (Phi) is 3.58. The maximum Gasteiger partial charge on any atom is 0.141 e. The van der Waals surface area contributed by atoms with Gasteiger partial charge in [0.15, 0.2) is 0 Å². The average molecular weight is 268 g/mol. The highest BCUT2D eigenvalue weighted by Crippen LogP contribution is 2.47. The largest absolute Gasteiger partial charge is 0.312 e. The Morgan fingerprint density at radius 2 is 2.17 bits per heavy atom. The number of hydrogen-bond donors (Lipinski definition) is 1. The Balaban J connectivity index is 1.48. The van der Waals surface area contributed by atoms with Gasteiger partial charge in [-0.1, -0.05) is 24.1 Å². The molecule has 2 saturated carbocycles. The van der Waals surface area contributed by atoms with Gasteiger partial charge in [-0.05, 0) is 61.3 Å². The molecule has 2 fully saturated rings. The molecule has 0 amide bonds. The molecular weight excluding hydrogens is 249 g/mol. The van der Waals surface area contributed by atoms with Crippen molar-refractivity contribution >= 4 is 11.6 Å². The van der Waals surface area contributed by atoms with E-state index in [0.29, 0.717) is 0 Å². The summed E-state index contributed by atoms with van der Waals surface area (Å²) in [5.74, 6) is 2.48. The van der Waals surface area contributed by atoms with Crippen LogP contribution in [0.25, 0.3) is 0 Å². The maximum atomic E-state index is 13.0. The SMILES string of the molecule is Fc1ccc(CNCC2CC3CCC2C3)cc1Cl. The van der Waals surface area contributed by atoms with Crippen LogP contribution in [0.4, 0.5) is 4.39 Å². The Labute approximate surface area is 113 Å². The molecule has 18 heavy (non-hydrogen) atoms. The topological polar surface area (TPSA) is 12.0 Å². The standard InChI is InChI=1S/C15H19ClFN/c16-14-7-11(2-4-15(14)17)8-18-9-13-6-10-1-3-12(13)5-10/h2,4,7,10,12-13,18H,1,3,5-6,8-9H2. The van der Waals surface area contributed by atoms with Crippen molar-refractivity contribution in [3.05, 3.63) is 34.6 Å². The monoisotopic (exact) mass is 267 g/mol. The quantitative estimate of drug-likeness (QED) is 0.869. The van der Waals surface area contributed by atoms with E-state index in [4.69, 9.17) is 11.6 Å². The van der Waals surface area contributed by atoms with Crippen LogP contribution in [0.2, 0.25) is 5.02 Å². The predicted octanol–water partition coefficient (Wildman–Crippen LogP) is 4.00. The molecule has 0 saturated heterocycles. The number of benzene rings is 1. The van der Waals surface area contributed by atoms with Crippen molar-refractivity contribution in [1.82, 2.24) is 5.32 Å². The van der Waals surface area contributed by atoms with Crippen molar-refractivity contribution in [2.45, 2.75) is 32.2 Å². The highest BCUT2D eigenvalue weighted by atomic mass is 35.5. The first-order chi connectivity index (χ1) is 8.72. The van der Waals surface area contributed by atoms with E-state index in [1.807, 2.05) is 0 Å². The van der Waals surface area contributed by atoms with Gasteiger partial charge in [-0.2, -0.15) is 0 Å². The summed E-state index contributed by atoms with van der Waals surface area (Å²) in [6.45, 7) is 1.88. The van der Waals surface area contributed by atoms with E-state index in [1.165, 1.54) is 31.7 Å². The van der Waals surface area contributed by atoms with E-state index in [2.05, 4.69) is 5.32 Å². The molecule has 2 bridgehead atoms. The summed E-state index contributed by atoms with van der Waals surface area (Å²) < 4.78 is 13.0. The van der Waals surface area contributed by atoms with Gasteiger partial charge in [0.1, 0.15) is 5.82 Å². The predicted molar refractivity (Wildman–Crippen MR) is 72.1 cm³/mol. The van der Waals surface area contributed by atoms with Crippen LogP contribution in [-0.2, 0) is 6.54 Å². The van der Waals surface area contributed by atoms with Crippen LogP contribution in [0, 0.1) is 23.6 Å². The third-order valence-electron chi connectivity index (χ3n) is 4.60. The summed E-state index contributed by atoms with van der Waals surface area (Å²) in [6.07, 6.45) is 5.74. The Bertz CT molecular complexity index is 435. The molecule has 1 N–H and O–H groups in total. The first-order valence-electron chi connectivity index (χ1n) is 6.87. The molecular formula is C15H19ClFN. The minimum Gasteiger partial charge on any atom is -0.312 e. The van der Waals surface area contributed by atoms with Crippen LogP contribution in [0.3, 0.4) is 0 Å². The Morgan fingerprint density at radius 1 is 1.28 bits per heavy atom. The minimum atomic E-state index is -0.339. The number of halogens is 2. The van der Waals surface area contributed by atoms with E-state index >= 15 is 0 Å². The lowest BCUT2D eigenvalue weighted by Gasteiger charge is -2.21. The summed E-state index contributed by atoms with van der Waals surface area (Å²) >= 11 is 5.77. The molecule has 1 aromatic rings. The van der Waals surface area contributed by atoms with E-state index in [1.54, 1.807) is 12.1 Å². The molecule has 3 rings (SSSR count). The summed E-state index contributed by atoms with van der Waals surface area (Å²) in [5.41, 5.74) is 1.06. The van der Waals surface area contributed by atoms with E-state index in [9.17, 15) is 4.39 Å². The van der Waals surface area contributed by atoms with E-state index in [-0.39, 0.29) is 10.8 Å². The van der Waals surface area contributed by atoms with Crippen molar-refractivity contribution in [3.63, 3.8) is 0 Å². The van der Waals surface area contributed by atoms with Gasteiger partial charge in [0.05, 0.1) is 5.02 Å². The normalized spacial score (nSPS) is 30.0. The molecule has 0 heterocycles. The highest BCUT2D eigenvalue weighted by molar-refractivity contribution is 6.30. The van der Waals surface area contributed by atoms with Gasteiger partial charge < -0.3 is 5.32 Å². The highest BCUT2D eigenvalue weighted by Gasteiger charge is 2.38. The molecule has 3 unspecified atom stereocenters. The van der Waals surface area contributed by atoms with Crippen molar-refractivity contribution < 1.29 is 4.39 Å². The van der Waals surface area contributed by atoms with Crippen molar-refractivity contribution in [3.8, 4) is 0 Å². The number of hydrogen-bond acceptors (Lipinski definition) is 1. The van der Waals surface area contributed by atoms with Gasteiger partial charge in [0.2, 0.25) is 0 Å². The van der Waals surface area contributed by atoms with Crippen LogP contribution in [0.5, 0.6) is 0 Å². The van der Waals surface area contributed by atoms with Crippen LogP contribution in [-0.4, -0.2) is 6.54 Å². The number of rotatable bonds is 4. The molecule has 1 nitrogen and oxygen atoms in total. The molecule has 98 valence electrons. The number of nitrogens with one attached hydrogen (secondary N) is 1. The fourth-order valence-electron chi connectivity index (χ4n) is 3.68. The van der Waals surface area contributed by atoms with Crippen molar-refractivity contribution in [2.24, 2.45) is 17.8 Å².